The van der Waals surface area contributed by atoms with Gasteiger partial charge in [-0.25, -0.2) is 0 Å². The molecule has 0 spiro atoms. The average Bonchev–Trinajstić information content (AvgIpc) is 2.69. The highest BCUT2D eigenvalue weighted by Gasteiger charge is 2.20. The van der Waals surface area contributed by atoms with Crippen molar-refractivity contribution in [2.45, 2.75) is 23.5 Å². The molecule has 3 aromatic carbocycles. The number of aryl methyl sites for hydroxylation is 1. The minimum Gasteiger partial charge on any atom is -0.398 e. The molecule has 28 heavy (non-hydrogen) atoms. The van der Waals surface area contributed by atoms with E-state index in [1.54, 1.807) is 11.8 Å². The van der Waals surface area contributed by atoms with E-state index in [9.17, 15) is 4.79 Å². The Balaban J connectivity index is 1.88. The van der Waals surface area contributed by atoms with Gasteiger partial charge >= 0.3 is 0 Å². The first-order chi connectivity index (χ1) is 13.4. The molecule has 0 radical (unpaired) electrons. The molecule has 0 aliphatic carbocycles. The van der Waals surface area contributed by atoms with Crippen molar-refractivity contribution in [2.24, 2.45) is 0 Å². The Labute approximate surface area is 171 Å². The molecule has 0 heterocycles. The molecule has 0 fully saturated rings. The Kier molecular flexibility index (Phi) is 6.42. The number of nitrogens with zero attached hydrogens (tertiary/aromatic N) is 1. The topological polar surface area (TPSA) is 46.3 Å². The number of thioether (sulfide) groups is 1. The van der Waals surface area contributed by atoms with Gasteiger partial charge in [0.25, 0.3) is 0 Å². The van der Waals surface area contributed by atoms with E-state index in [1.807, 2.05) is 69.6 Å². The van der Waals surface area contributed by atoms with Crippen LogP contribution in [0.5, 0.6) is 0 Å². The molecule has 1 atom stereocenters. The van der Waals surface area contributed by atoms with Crippen LogP contribution < -0.4 is 10.6 Å². The molecule has 3 nitrogen and oxygen atoms in total. The Morgan fingerprint density at radius 2 is 1.61 bits per heavy atom. The molecular formula is C24H26N2OS. The lowest BCUT2D eigenvalue weighted by Gasteiger charge is -2.19. The second-order valence-corrected chi connectivity index (χ2v) is 8.37. The molecule has 144 valence electrons. The van der Waals surface area contributed by atoms with Gasteiger partial charge in [0, 0.05) is 47.6 Å². The van der Waals surface area contributed by atoms with Crippen LogP contribution in [0.3, 0.4) is 0 Å². The maximum atomic E-state index is 12.9. The van der Waals surface area contributed by atoms with Gasteiger partial charge in [-0.1, -0.05) is 54.1 Å². The summed E-state index contributed by atoms with van der Waals surface area (Å²) in [6, 6.07) is 24.0. The zero-order valence-electron chi connectivity index (χ0n) is 16.6. The van der Waals surface area contributed by atoms with Crippen LogP contribution in [0.25, 0.3) is 0 Å². The number of anilines is 2. The summed E-state index contributed by atoms with van der Waals surface area (Å²) < 4.78 is 0. The molecule has 2 N–H and O–H groups in total. The number of nitrogens with two attached hydrogens (primary N) is 1. The van der Waals surface area contributed by atoms with Crippen LogP contribution in [0.1, 0.15) is 33.2 Å². The highest BCUT2D eigenvalue weighted by Crippen LogP contribution is 2.41. The number of carbonyl (C=O) groups is 1. The number of rotatable bonds is 7. The molecule has 0 amide bonds. The zero-order chi connectivity index (χ0) is 20.1. The van der Waals surface area contributed by atoms with Crippen molar-refractivity contribution in [1.82, 2.24) is 0 Å². The van der Waals surface area contributed by atoms with Gasteiger partial charge in [0.2, 0.25) is 0 Å². The van der Waals surface area contributed by atoms with Crippen LogP contribution in [-0.4, -0.2) is 19.9 Å². The van der Waals surface area contributed by atoms with Crippen molar-refractivity contribution in [1.29, 1.82) is 0 Å². The zero-order valence-corrected chi connectivity index (χ0v) is 17.4. The number of carbonyl (C=O) groups excluding carboxylic acids is 1. The van der Waals surface area contributed by atoms with Crippen LogP contribution in [0.4, 0.5) is 11.4 Å². The van der Waals surface area contributed by atoms with Crippen LogP contribution >= 0.6 is 11.8 Å². The van der Waals surface area contributed by atoms with Gasteiger partial charge in [-0.3, -0.25) is 4.79 Å². The molecule has 3 aromatic rings. The molecule has 0 saturated heterocycles. The number of benzene rings is 3. The summed E-state index contributed by atoms with van der Waals surface area (Å²) in [5.74, 6) is 0.142. The molecule has 0 aromatic heterocycles. The standard InChI is InChI=1S/C24H26N2OS/c1-17-8-10-18(11-9-17)22(27)16-24(28-23-7-5-4-6-21(23)25)19-12-14-20(15-13-19)26(2)3/h4-15,24H,16,25H2,1-3H3. The van der Waals surface area contributed by atoms with E-state index in [2.05, 4.69) is 29.2 Å². The Morgan fingerprint density at radius 1 is 0.964 bits per heavy atom. The number of para-hydroxylation sites is 1. The van der Waals surface area contributed by atoms with Crippen LogP contribution in [-0.2, 0) is 0 Å². The van der Waals surface area contributed by atoms with E-state index in [0.29, 0.717) is 6.42 Å². The largest absolute Gasteiger partial charge is 0.398 e. The predicted octanol–water partition coefficient (Wildman–Crippen LogP) is 5.75. The lowest BCUT2D eigenvalue weighted by atomic mass is 10.0. The fourth-order valence-electron chi connectivity index (χ4n) is 2.98. The molecule has 0 aliphatic rings. The Bertz CT molecular complexity index is 934. The van der Waals surface area contributed by atoms with E-state index in [1.165, 1.54) is 0 Å². The first-order valence-electron chi connectivity index (χ1n) is 9.32. The van der Waals surface area contributed by atoms with Crippen molar-refractivity contribution in [2.75, 3.05) is 24.7 Å². The summed E-state index contributed by atoms with van der Waals surface area (Å²) in [6.07, 6.45) is 0.420. The molecule has 0 bridgehead atoms. The van der Waals surface area contributed by atoms with Gasteiger partial charge in [-0.05, 0) is 36.8 Å². The smallest absolute Gasteiger partial charge is 0.164 e. The highest BCUT2D eigenvalue weighted by molar-refractivity contribution is 7.99. The summed E-state index contributed by atoms with van der Waals surface area (Å²) in [5, 5.41) is -0.00489. The summed E-state index contributed by atoms with van der Waals surface area (Å²) in [4.78, 5) is 16.0. The van der Waals surface area contributed by atoms with Crippen molar-refractivity contribution >= 4 is 28.9 Å². The number of hydrogen-bond acceptors (Lipinski definition) is 4. The highest BCUT2D eigenvalue weighted by atomic mass is 32.2. The molecule has 0 saturated carbocycles. The lowest BCUT2D eigenvalue weighted by Crippen LogP contribution is -2.09. The van der Waals surface area contributed by atoms with Crippen molar-refractivity contribution < 1.29 is 4.79 Å². The Morgan fingerprint density at radius 3 is 2.21 bits per heavy atom. The van der Waals surface area contributed by atoms with Gasteiger partial charge in [0.1, 0.15) is 0 Å². The van der Waals surface area contributed by atoms with E-state index in [0.717, 1.165) is 33.0 Å². The maximum Gasteiger partial charge on any atom is 0.164 e. The first-order valence-corrected chi connectivity index (χ1v) is 10.2. The van der Waals surface area contributed by atoms with Crippen LogP contribution in [0.2, 0.25) is 0 Å². The normalized spacial score (nSPS) is 11.8. The molecule has 0 aliphatic heterocycles. The molecular weight excluding hydrogens is 364 g/mol. The predicted molar refractivity (Wildman–Crippen MR) is 120 cm³/mol. The first kappa shape index (κ1) is 20.0. The number of nitrogen functional groups attached to an aromatic ring is 1. The second kappa shape index (κ2) is 8.98. The van der Waals surface area contributed by atoms with Crippen LogP contribution in [0, 0.1) is 6.92 Å². The van der Waals surface area contributed by atoms with E-state index in [4.69, 9.17) is 5.73 Å². The third-order valence-electron chi connectivity index (χ3n) is 4.71. The van der Waals surface area contributed by atoms with Gasteiger partial charge in [-0.2, -0.15) is 0 Å². The van der Waals surface area contributed by atoms with E-state index >= 15 is 0 Å². The number of Topliss-reactive ketones (excluding diaryl/α,β-unsaturated/α-hetero) is 1. The Hall–Kier alpha value is -2.72. The minimum absolute atomic E-state index is 0.00489. The van der Waals surface area contributed by atoms with Crippen LogP contribution in [0.15, 0.2) is 77.7 Å². The fourth-order valence-corrected chi connectivity index (χ4v) is 4.18. The number of hydrogen-bond donors (Lipinski definition) is 1. The second-order valence-electron chi connectivity index (χ2n) is 7.12. The quantitative estimate of drug-likeness (QED) is 0.317. The van der Waals surface area contributed by atoms with Crippen molar-refractivity contribution in [3.05, 3.63) is 89.5 Å². The number of ketones is 1. The minimum atomic E-state index is -0.00489. The van der Waals surface area contributed by atoms with E-state index in [-0.39, 0.29) is 11.0 Å². The average molecular weight is 391 g/mol. The van der Waals surface area contributed by atoms with Gasteiger partial charge in [0.15, 0.2) is 5.78 Å². The molecule has 3 rings (SSSR count). The summed E-state index contributed by atoms with van der Waals surface area (Å²) >= 11 is 1.65. The van der Waals surface area contributed by atoms with Gasteiger partial charge in [-0.15, -0.1) is 11.8 Å². The third kappa shape index (κ3) is 4.96. The summed E-state index contributed by atoms with van der Waals surface area (Å²) in [7, 11) is 4.04. The maximum absolute atomic E-state index is 12.9. The SMILES string of the molecule is Cc1ccc(C(=O)CC(Sc2ccccc2N)c2ccc(N(C)C)cc2)cc1. The van der Waals surface area contributed by atoms with Crippen molar-refractivity contribution in [3.63, 3.8) is 0 Å². The monoisotopic (exact) mass is 390 g/mol. The fraction of sp³-hybridized carbons (Fsp3) is 0.208. The van der Waals surface area contributed by atoms with E-state index < -0.39 is 0 Å². The van der Waals surface area contributed by atoms with Crippen molar-refractivity contribution in [3.8, 4) is 0 Å². The van der Waals surface area contributed by atoms with Gasteiger partial charge in [0.05, 0.1) is 0 Å². The third-order valence-corrected chi connectivity index (χ3v) is 6.06. The summed E-state index contributed by atoms with van der Waals surface area (Å²) in [5.41, 5.74) is 11.1. The molecule has 1 unspecified atom stereocenters. The lowest BCUT2D eigenvalue weighted by molar-refractivity contribution is 0.0982. The molecule has 4 heteroatoms. The summed E-state index contributed by atoms with van der Waals surface area (Å²) in [6.45, 7) is 2.03. The van der Waals surface area contributed by atoms with Gasteiger partial charge < -0.3 is 10.6 Å².